The van der Waals surface area contributed by atoms with E-state index < -0.39 is 17.8 Å². The number of hydrogen-bond donors (Lipinski definition) is 1. The van der Waals surface area contributed by atoms with Crippen molar-refractivity contribution < 1.29 is 14.3 Å². The van der Waals surface area contributed by atoms with Crippen LogP contribution in [0.3, 0.4) is 0 Å². The van der Waals surface area contributed by atoms with E-state index in [4.69, 9.17) is 11.6 Å². The molecule has 1 aliphatic heterocycles. The van der Waals surface area contributed by atoms with Crippen molar-refractivity contribution in [2.45, 2.75) is 32.9 Å². The Bertz CT molecular complexity index is 547. The molecule has 6 heteroatoms. The van der Waals surface area contributed by atoms with Crippen LogP contribution in [0.5, 0.6) is 0 Å². The minimum atomic E-state index is -1.07. The Kier molecular flexibility index (Phi) is 6.00. The maximum absolute atomic E-state index is 14.2. The summed E-state index contributed by atoms with van der Waals surface area (Å²) in [5, 5.41) is 9.84. The molecule has 1 aromatic carbocycles. The van der Waals surface area contributed by atoms with Crippen LogP contribution in [0.1, 0.15) is 32.4 Å². The van der Waals surface area contributed by atoms with Gasteiger partial charge in [0, 0.05) is 42.8 Å². The minimum absolute atomic E-state index is 0.0132. The molecule has 1 aliphatic rings. The molecule has 1 heterocycles. The van der Waals surface area contributed by atoms with Gasteiger partial charge in [0.25, 0.3) is 0 Å². The lowest BCUT2D eigenvalue weighted by Gasteiger charge is -2.43. The zero-order valence-corrected chi connectivity index (χ0v) is 14.6. The number of benzene rings is 1. The molecule has 0 amide bonds. The molecule has 2 unspecified atom stereocenters. The maximum Gasteiger partial charge on any atom is 0.325 e. The summed E-state index contributed by atoms with van der Waals surface area (Å²) >= 11 is 6.09. The SMILES string of the molecule is CC(C)CN1CCN(C(C(=O)O)c2c(F)cccc2Cl)C(C)C1. The Hall–Kier alpha value is -1.17. The zero-order valence-electron chi connectivity index (χ0n) is 13.8. The fraction of sp³-hybridized carbons (Fsp3) is 0.588. The predicted octanol–water partition coefficient (Wildman–Crippen LogP) is 3.27. The van der Waals surface area contributed by atoms with Gasteiger partial charge in [0.2, 0.25) is 0 Å². The second kappa shape index (κ2) is 7.60. The van der Waals surface area contributed by atoms with Crippen LogP contribution in [-0.2, 0) is 4.79 Å². The van der Waals surface area contributed by atoms with Crippen molar-refractivity contribution >= 4 is 17.6 Å². The van der Waals surface area contributed by atoms with Gasteiger partial charge in [0.15, 0.2) is 0 Å². The van der Waals surface area contributed by atoms with Gasteiger partial charge in [0.1, 0.15) is 11.9 Å². The van der Waals surface area contributed by atoms with Crippen LogP contribution in [0.15, 0.2) is 18.2 Å². The number of rotatable bonds is 5. The van der Waals surface area contributed by atoms with Crippen molar-refractivity contribution in [3.8, 4) is 0 Å². The first kappa shape index (κ1) is 18.2. The fourth-order valence-electron chi connectivity index (χ4n) is 3.32. The van der Waals surface area contributed by atoms with E-state index in [9.17, 15) is 14.3 Å². The number of carboxylic acid groups (broad SMARTS) is 1. The molecular formula is C17H24ClFN2O2. The second-order valence-corrected chi connectivity index (χ2v) is 7.02. The van der Waals surface area contributed by atoms with Gasteiger partial charge in [-0.1, -0.05) is 31.5 Å². The number of aliphatic carboxylic acids is 1. The number of carboxylic acids is 1. The molecule has 0 spiro atoms. The summed E-state index contributed by atoms with van der Waals surface area (Å²) in [6.07, 6.45) is 0. The topological polar surface area (TPSA) is 43.8 Å². The standard InChI is InChI=1S/C17H24ClFN2O2/c1-11(2)9-20-7-8-21(12(3)10-20)16(17(22)23)15-13(18)5-4-6-14(15)19/h4-6,11-12,16H,7-10H2,1-3H3,(H,22,23). The summed E-state index contributed by atoms with van der Waals surface area (Å²) in [6, 6.07) is 3.25. The molecule has 1 saturated heterocycles. The van der Waals surface area contributed by atoms with Gasteiger partial charge in [-0.05, 0) is 25.0 Å². The molecule has 23 heavy (non-hydrogen) atoms. The molecule has 0 aromatic heterocycles. The lowest BCUT2D eigenvalue weighted by atomic mass is 10.0. The second-order valence-electron chi connectivity index (χ2n) is 6.62. The Balaban J connectivity index is 2.25. The highest BCUT2D eigenvalue weighted by atomic mass is 35.5. The average molecular weight is 343 g/mol. The van der Waals surface area contributed by atoms with Gasteiger partial charge >= 0.3 is 5.97 Å². The molecule has 1 N–H and O–H groups in total. The van der Waals surface area contributed by atoms with Gasteiger partial charge in [-0.25, -0.2) is 4.39 Å². The lowest BCUT2D eigenvalue weighted by molar-refractivity contribution is -0.146. The normalized spacial score (nSPS) is 21.6. The highest BCUT2D eigenvalue weighted by Gasteiger charge is 2.37. The summed E-state index contributed by atoms with van der Waals surface area (Å²) < 4.78 is 14.2. The fourth-order valence-corrected chi connectivity index (χ4v) is 3.58. The highest BCUT2D eigenvalue weighted by molar-refractivity contribution is 6.31. The van der Waals surface area contributed by atoms with E-state index in [1.807, 2.05) is 11.8 Å². The summed E-state index contributed by atoms with van der Waals surface area (Å²) in [4.78, 5) is 16.0. The molecule has 2 rings (SSSR count). The van der Waals surface area contributed by atoms with Crippen LogP contribution in [0.4, 0.5) is 4.39 Å². The molecule has 128 valence electrons. The molecular weight excluding hydrogens is 319 g/mol. The Morgan fingerprint density at radius 2 is 2.13 bits per heavy atom. The summed E-state index contributed by atoms with van der Waals surface area (Å²) in [6.45, 7) is 9.42. The first-order valence-corrected chi connectivity index (χ1v) is 8.33. The first-order chi connectivity index (χ1) is 10.8. The highest BCUT2D eigenvalue weighted by Crippen LogP contribution is 2.32. The monoisotopic (exact) mass is 342 g/mol. The van der Waals surface area contributed by atoms with Crippen molar-refractivity contribution in [1.29, 1.82) is 0 Å². The lowest BCUT2D eigenvalue weighted by Crippen LogP contribution is -2.55. The third kappa shape index (κ3) is 4.22. The molecule has 0 saturated carbocycles. The van der Waals surface area contributed by atoms with Crippen LogP contribution in [-0.4, -0.2) is 53.1 Å². The van der Waals surface area contributed by atoms with Crippen LogP contribution in [0.2, 0.25) is 5.02 Å². The van der Waals surface area contributed by atoms with Crippen LogP contribution in [0.25, 0.3) is 0 Å². The van der Waals surface area contributed by atoms with E-state index in [0.717, 1.165) is 19.6 Å². The Morgan fingerprint density at radius 3 is 2.65 bits per heavy atom. The number of nitrogens with zero attached hydrogens (tertiary/aromatic N) is 2. The maximum atomic E-state index is 14.2. The van der Waals surface area contributed by atoms with E-state index in [1.54, 1.807) is 0 Å². The van der Waals surface area contributed by atoms with Gasteiger partial charge in [0.05, 0.1) is 0 Å². The molecule has 4 nitrogen and oxygen atoms in total. The molecule has 0 aliphatic carbocycles. The largest absolute Gasteiger partial charge is 0.480 e. The predicted molar refractivity (Wildman–Crippen MR) is 89.2 cm³/mol. The third-order valence-corrected chi connectivity index (χ3v) is 4.55. The van der Waals surface area contributed by atoms with E-state index >= 15 is 0 Å². The molecule has 2 atom stereocenters. The zero-order chi connectivity index (χ0) is 17.1. The van der Waals surface area contributed by atoms with Gasteiger partial charge in [-0.2, -0.15) is 0 Å². The van der Waals surface area contributed by atoms with Gasteiger partial charge < -0.3 is 10.0 Å². The van der Waals surface area contributed by atoms with Crippen molar-refractivity contribution in [2.75, 3.05) is 26.2 Å². The molecule has 1 fully saturated rings. The Morgan fingerprint density at radius 1 is 1.43 bits per heavy atom. The number of carbonyl (C=O) groups is 1. The smallest absolute Gasteiger partial charge is 0.325 e. The molecule has 0 radical (unpaired) electrons. The van der Waals surface area contributed by atoms with Crippen LogP contribution < -0.4 is 0 Å². The summed E-state index contributed by atoms with van der Waals surface area (Å²) in [5.41, 5.74) is 0.0610. The molecule has 0 bridgehead atoms. The van der Waals surface area contributed by atoms with E-state index in [-0.39, 0.29) is 16.6 Å². The van der Waals surface area contributed by atoms with E-state index in [0.29, 0.717) is 12.5 Å². The van der Waals surface area contributed by atoms with Crippen molar-refractivity contribution in [2.24, 2.45) is 5.92 Å². The van der Waals surface area contributed by atoms with Crippen LogP contribution >= 0.6 is 11.6 Å². The third-order valence-electron chi connectivity index (χ3n) is 4.23. The minimum Gasteiger partial charge on any atom is -0.480 e. The quantitative estimate of drug-likeness (QED) is 0.892. The van der Waals surface area contributed by atoms with E-state index in [2.05, 4.69) is 18.7 Å². The van der Waals surface area contributed by atoms with Crippen LogP contribution in [0, 0.1) is 11.7 Å². The van der Waals surface area contributed by atoms with E-state index in [1.165, 1.54) is 18.2 Å². The number of halogens is 2. The average Bonchev–Trinajstić information content (AvgIpc) is 2.43. The number of piperazine rings is 1. The van der Waals surface area contributed by atoms with Crippen molar-refractivity contribution in [3.05, 3.63) is 34.6 Å². The van der Waals surface area contributed by atoms with Gasteiger partial charge in [-0.15, -0.1) is 0 Å². The molecule has 1 aromatic rings. The van der Waals surface area contributed by atoms with Gasteiger partial charge in [-0.3, -0.25) is 9.69 Å². The Labute approximate surface area is 141 Å². The first-order valence-electron chi connectivity index (χ1n) is 7.96. The summed E-state index contributed by atoms with van der Waals surface area (Å²) in [5.74, 6) is -1.08. The summed E-state index contributed by atoms with van der Waals surface area (Å²) in [7, 11) is 0. The van der Waals surface area contributed by atoms with Crippen molar-refractivity contribution in [3.63, 3.8) is 0 Å². The number of hydrogen-bond acceptors (Lipinski definition) is 3. The van der Waals surface area contributed by atoms with Crippen molar-refractivity contribution in [1.82, 2.24) is 9.80 Å².